The Hall–Kier alpha value is -2.50. The summed E-state index contributed by atoms with van der Waals surface area (Å²) in [4.78, 5) is 25.3. The summed E-state index contributed by atoms with van der Waals surface area (Å²) < 4.78 is 5.73. The molecule has 0 bridgehead atoms. The van der Waals surface area contributed by atoms with Crippen molar-refractivity contribution in [1.29, 1.82) is 0 Å². The Bertz CT molecular complexity index is 751. The van der Waals surface area contributed by atoms with Gasteiger partial charge in [-0.15, -0.1) is 0 Å². The van der Waals surface area contributed by atoms with E-state index in [0.717, 1.165) is 43.5 Å². The van der Waals surface area contributed by atoms with Gasteiger partial charge in [-0.2, -0.15) is 0 Å². The van der Waals surface area contributed by atoms with E-state index in [4.69, 9.17) is 4.74 Å². The van der Waals surface area contributed by atoms with E-state index in [1.165, 1.54) is 19.3 Å². The van der Waals surface area contributed by atoms with Crippen LogP contribution in [0.4, 0.5) is 10.5 Å². The molecule has 1 heterocycles. The highest BCUT2D eigenvalue weighted by molar-refractivity contribution is 5.95. The van der Waals surface area contributed by atoms with Crippen molar-refractivity contribution in [3.05, 3.63) is 41.1 Å². The van der Waals surface area contributed by atoms with Crippen LogP contribution in [0.15, 0.2) is 35.5 Å². The first-order valence-corrected chi connectivity index (χ1v) is 11.4. The predicted molar refractivity (Wildman–Crippen MR) is 119 cm³/mol. The van der Waals surface area contributed by atoms with Crippen LogP contribution in [-0.2, 0) is 9.53 Å². The SMILES string of the molecule is CCCCNc1ccc(C2NC(=O)NC(CC)=C2C(=O)OCC2CCCCC2)cc1. The maximum atomic E-state index is 13.1. The van der Waals surface area contributed by atoms with Gasteiger partial charge in [-0.3, -0.25) is 0 Å². The first-order valence-electron chi connectivity index (χ1n) is 11.4. The molecule has 3 rings (SSSR count). The molecule has 1 saturated carbocycles. The zero-order valence-corrected chi connectivity index (χ0v) is 18.3. The van der Waals surface area contributed by atoms with E-state index in [0.29, 0.717) is 30.2 Å². The van der Waals surface area contributed by atoms with E-state index in [-0.39, 0.29) is 12.0 Å². The lowest BCUT2D eigenvalue weighted by Gasteiger charge is -2.30. The quantitative estimate of drug-likeness (QED) is 0.391. The van der Waals surface area contributed by atoms with Gasteiger partial charge in [-0.05, 0) is 49.3 Å². The number of hydrogen-bond donors (Lipinski definition) is 3. The van der Waals surface area contributed by atoms with E-state index in [2.05, 4.69) is 22.9 Å². The number of benzene rings is 1. The molecular weight excluding hydrogens is 378 g/mol. The number of nitrogens with one attached hydrogen (secondary N) is 3. The fourth-order valence-electron chi connectivity index (χ4n) is 4.22. The minimum absolute atomic E-state index is 0.286. The number of anilines is 1. The monoisotopic (exact) mass is 413 g/mol. The third-order valence-electron chi connectivity index (χ3n) is 6.01. The average molecular weight is 414 g/mol. The van der Waals surface area contributed by atoms with Crippen molar-refractivity contribution in [3.63, 3.8) is 0 Å². The van der Waals surface area contributed by atoms with Crippen molar-refractivity contribution in [2.45, 2.75) is 71.3 Å². The number of carbonyl (C=O) groups is 2. The van der Waals surface area contributed by atoms with Crippen molar-refractivity contribution in [1.82, 2.24) is 10.6 Å². The number of ether oxygens (including phenoxy) is 1. The van der Waals surface area contributed by atoms with Crippen LogP contribution in [0.25, 0.3) is 0 Å². The molecule has 0 aromatic heterocycles. The van der Waals surface area contributed by atoms with Gasteiger partial charge in [-0.1, -0.05) is 51.7 Å². The predicted octanol–water partition coefficient (Wildman–Crippen LogP) is 5.04. The smallest absolute Gasteiger partial charge is 0.338 e. The lowest BCUT2D eigenvalue weighted by molar-refractivity contribution is -0.141. The Kier molecular flexibility index (Phi) is 8.17. The van der Waals surface area contributed by atoms with Crippen LogP contribution in [0.3, 0.4) is 0 Å². The van der Waals surface area contributed by atoms with E-state index in [1.54, 1.807) is 0 Å². The topological polar surface area (TPSA) is 79.5 Å². The summed E-state index contributed by atoms with van der Waals surface area (Å²) in [5.74, 6) is 0.117. The second-order valence-corrected chi connectivity index (χ2v) is 8.28. The number of amides is 2. The Morgan fingerprint density at radius 3 is 2.53 bits per heavy atom. The lowest BCUT2D eigenvalue weighted by Crippen LogP contribution is -2.46. The molecule has 1 fully saturated rings. The fourth-order valence-corrected chi connectivity index (χ4v) is 4.22. The molecule has 30 heavy (non-hydrogen) atoms. The van der Waals surface area contributed by atoms with Gasteiger partial charge in [0.05, 0.1) is 18.2 Å². The van der Waals surface area contributed by atoms with Crippen molar-refractivity contribution < 1.29 is 14.3 Å². The molecule has 6 nitrogen and oxygen atoms in total. The maximum absolute atomic E-state index is 13.1. The lowest BCUT2D eigenvalue weighted by atomic mass is 9.90. The van der Waals surface area contributed by atoms with Gasteiger partial charge >= 0.3 is 12.0 Å². The van der Waals surface area contributed by atoms with Crippen LogP contribution < -0.4 is 16.0 Å². The molecule has 1 aromatic carbocycles. The van der Waals surface area contributed by atoms with Gasteiger partial charge in [0.15, 0.2) is 0 Å². The standard InChI is InChI=1S/C24H35N3O3/c1-3-5-15-25-19-13-11-18(12-14-19)22-21(20(4-2)26-24(29)27-22)23(28)30-16-17-9-7-6-8-10-17/h11-14,17,22,25H,3-10,15-16H2,1-2H3,(H2,26,27,29). The number of hydrogen-bond acceptors (Lipinski definition) is 4. The molecule has 6 heteroatoms. The van der Waals surface area contributed by atoms with Crippen molar-refractivity contribution in [3.8, 4) is 0 Å². The van der Waals surface area contributed by atoms with Crippen molar-refractivity contribution in [2.75, 3.05) is 18.5 Å². The Morgan fingerprint density at radius 2 is 1.87 bits per heavy atom. The molecule has 0 spiro atoms. The summed E-state index contributed by atoms with van der Waals surface area (Å²) in [6.45, 7) is 5.49. The number of urea groups is 1. The van der Waals surface area contributed by atoms with Gasteiger partial charge in [0.25, 0.3) is 0 Å². The van der Waals surface area contributed by atoms with Crippen LogP contribution in [0.5, 0.6) is 0 Å². The summed E-state index contributed by atoms with van der Waals surface area (Å²) in [6.07, 6.45) is 8.77. The number of esters is 1. The van der Waals surface area contributed by atoms with Gasteiger partial charge in [-0.25, -0.2) is 9.59 Å². The van der Waals surface area contributed by atoms with E-state index in [9.17, 15) is 9.59 Å². The minimum Gasteiger partial charge on any atom is -0.462 e. The summed E-state index contributed by atoms with van der Waals surface area (Å²) in [6, 6.07) is 7.13. The third-order valence-corrected chi connectivity index (χ3v) is 6.01. The molecule has 0 saturated heterocycles. The zero-order valence-electron chi connectivity index (χ0n) is 18.3. The van der Waals surface area contributed by atoms with E-state index in [1.807, 2.05) is 31.2 Å². The first kappa shape index (κ1) is 22.2. The summed E-state index contributed by atoms with van der Waals surface area (Å²) >= 11 is 0. The molecular formula is C24H35N3O3. The number of unbranched alkanes of at least 4 members (excludes halogenated alkanes) is 1. The molecule has 164 valence electrons. The first-order chi connectivity index (χ1) is 14.6. The zero-order chi connectivity index (χ0) is 21.3. The van der Waals surface area contributed by atoms with Crippen LogP contribution in [-0.4, -0.2) is 25.2 Å². The Labute approximate surface area is 179 Å². The largest absolute Gasteiger partial charge is 0.462 e. The molecule has 2 amide bonds. The highest BCUT2D eigenvalue weighted by atomic mass is 16.5. The average Bonchev–Trinajstić information content (AvgIpc) is 2.78. The number of rotatable bonds is 9. The number of carbonyl (C=O) groups excluding carboxylic acids is 2. The molecule has 0 radical (unpaired) electrons. The normalized spacial score (nSPS) is 19.8. The Balaban J connectivity index is 1.75. The second kappa shape index (κ2) is 11.0. The van der Waals surface area contributed by atoms with Crippen LogP contribution >= 0.6 is 0 Å². The second-order valence-electron chi connectivity index (χ2n) is 8.28. The Morgan fingerprint density at radius 1 is 1.13 bits per heavy atom. The molecule has 1 atom stereocenters. The summed E-state index contributed by atoms with van der Waals surface area (Å²) in [7, 11) is 0. The molecule has 1 aromatic rings. The summed E-state index contributed by atoms with van der Waals surface area (Å²) in [5, 5.41) is 9.10. The van der Waals surface area contributed by atoms with E-state index >= 15 is 0 Å². The fraction of sp³-hybridized carbons (Fsp3) is 0.583. The minimum atomic E-state index is -0.503. The number of allylic oxidation sites excluding steroid dienone is 1. The molecule has 3 N–H and O–H groups in total. The highest BCUT2D eigenvalue weighted by Crippen LogP contribution is 2.30. The van der Waals surface area contributed by atoms with Gasteiger partial charge in [0.1, 0.15) is 0 Å². The van der Waals surface area contributed by atoms with Gasteiger partial charge < -0.3 is 20.7 Å². The van der Waals surface area contributed by atoms with Gasteiger partial charge in [0.2, 0.25) is 0 Å². The van der Waals surface area contributed by atoms with Crippen molar-refractivity contribution >= 4 is 17.7 Å². The maximum Gasteiger partial charge on any atom is 0.338 e. The highest BCUT2D eigenvalue weighted by Gasteiger charge is 2.33. The summed E-state index contributed by atoms with van der Waals surface area (Å²) in [5.41, 5.74) is 3.07. The van der Waals surface area contributed by atoms with Crippen LogP contribution in [0.2, 0.25) is 0 Å². The van der Waals surface area contributed by atoms with Crippen molar-refractivity contribution in [2.24, 2.45) is 5.92 Å². The third kappa shape index (κ3) is 5.77. The molecule has 1 aliphatic carbocycles. The molecule has 1 unspecified atom stereocenters. The molecule has 1 aliphatic heterocycles. The molecule has 2 aliphatic rings. The van der Waals surface area contributed by atoms with Gasteiger partial charge in [0, 0.05) is 17.9 Å². The van der Waals surface area contributed by atoms with Crippen LogP contribution in [0.1, 0.15) is 76.8 Å². The van der Waals surface area contributed by atoms with E-state index < -0.39 is 6.04 Å². The van der Waals surface area contributed by atoms with Crippen LogP contribution in [0, 0.1) is 5.92 Å².